The topological polar surface area (TPSA) is 29.5 Å². The van der Waals surface area contributed by atoms with Gasteiger partial charge in [-0.1, -0.05) is 65.5 Å². The van der Waals surface area contributed by atoms with Crippen molar-refractivity contribution in [3.05, 3.63) is 11.6 Å². The maximum Gasteiger partial charge on any atom is 0.0701 e. The van der Waals surface area contributed by atoms with Crippen LogP contribution >= 0.6 is 0 Å². The number of aliphatic hydroxyl groups is 1. The van der Waals surface area contributed by atoms with Crippen LogP contribution in [0.25, 0.3) is 0 Å². The first-order chi connectivity index (χ1) is 14.8. The Kier molecular flexibility index (Phi) is 7.29. The summed E-state index contributed by atoms with van der Waals surface area (Å²) in [4.78, 5) is 0. The highest BCUT2D eigenvalue weighted by Crippen LogP contribution is 2.67. The lowest BCUT2D eigenvalue weighted by atomic mass is 9.47. The maximum absolute atomic E-state index is 9.14. The van der Waals surface area contributed by atoms with Crippen molar-refractivity contribution in [1.29, 1.82) is 0 Å². The number of hydrogen-bond donors (Lipinski definition) is 1. The fourth-order valence-electron chi connectivity index (χ4n) is 9.01. The van der Waals surface area contributed by atoms with Crippen LogP contribution in [0.2, 0.25) is 0 Å². The van der Waals surface area contributed by atoms with E-state index in [1.807, 2.05) is 0 Å². The van der Waals surface area contributed by atoms with Crippen LogP contribution in [0, 0.1) is 46.3 Å². The number of fused-ring (bicyclic) bond motifs is 5. The van der Waals surface area contributed by atoms with E-state index in [0.717, 1.165) is 41.9 Å². The van der Waals surface area contributed by atoms with E-state index in [4.69, 9.17) is 9.84 Å². The molecule has 8 atom stereocenters. The van der Waals surface area contributed by atoms with Gasteiger partial charge >= 0.3 is 0 Å². The molecule has 178 valence electrons. The molecule has 0 aromatic carbocycles. The van der Waals surface area contributed by atoms with Gasteiger partial charge in [-0.25, -0.2) is 0 Å². The van der Waals surface area contributed by atoms with Gasteiger partial charge in [0.25, 0.3) is 0 Å². The van der Waals surface area contributed by atoms with Crippen LogP contribution in [0.4, 0.5) is 0 Å². The summed E-state index contributed by atoms with van der Waals surface area (Å²) in [6, 6.07) is 0. The lowest BCUT2D eigenvalue weighted by Crippen LogP contribution is -2.51. The highest BCUT2D eigenvalue weighted by molar-refractivity contribution is 5.25. The van der Waals surface area contributed by atoms with E-state index in [0.29, 0.717) is 23.5 Å². The molecule has 2 nitrogen and oxygen atoms in total. The smallest absolute Gasteiger partial charge is 0.0701 e. The zero-order valence-electron chi connectivity index (χ0n) is 21.2. The molecule has 2 heteroatoms. The van der Waals surface area contributed by atoms with Crippen LogP contribution < -0.4 is 0 Å². The van der Waals surface area contributed by atoms with E-state index >= 15 is 0 Å². The standard InChI is InChI=1S/C29H50O2/c1-20(2)7-6-8-21(3)25-11-12-26-24-10-9-22-19-23(31-18-17-30)13-15-28(22,4)27(24)14-16-29(25,26)5/h9,20-21,23-27,30H,6-8,10-19H2,1-5H3/t21-,23?,24?,25+,26?,27?,28-,29+/m0/s1. The second-order valence-corrected chi connectivity index (χ2v) is 12.7. The fourth-order valence-corrected chi connectivity index (χ4v) is 9.01. The normalized spacial score (nSPS) is 43.2. The minimum atomic E-state index is 0.148. The average molecular weight is 431 g/mol. The molecule has 0 aromatic rings. The van der Waals surface area contributed by atoms with Crippen molar-refractivity contribution in [3.63, 3.8) is 0 Å². The summed E-state index contributed by atoms with van der Waals surface area (Å²) < 4.78 is 5.94. The summed E-state index contributed by atoms with van der Waals surface area (Å²) in [6.45, 7) is 13.3. The lowest BCUT2D eigenvalue weighted by Gasteiger charge is -2.58. The molecule has 0 bridgehead atoms. The molecule has 3 fully saturated rings. The summed E-state index contributed by atoms with van der Waals surface area (Å²) in [6.07, 6.45) is 18.0. The third kappa shape index (κ3) is 4.42. The van der Waals surface area contributed by atoms with Gasteiger partial charge in [0, 0.05) is 0 Å². The molecule has 4 aliphatic carbocycles. The Morgan fingerprint density at radius 2 is 1.84 bits per heavy atom. The highest BCUT2D eigenvalue weighted by Gasteiger charge is 2.59. The summed E-state index contributed by atoms with van der Waals surface area (Å²) in [5.41, 5.74) is 2.69. The minimum absolute atomic E-state index is 0.148. The predicted molar refractivity (Wildman–Crippen MR) is 130 cm³/mol. The van der Waals surface area contributed by atoms with Crippen LogP contribution in [0.5, 0.6) is 0 Å². The number of hydrogen-bond acceptors (Lipinski definition) is 2. The van der Waals surface area contributed by atoms with Crippen LogP contribution in [0.15, 0.2) is 11.6 Å². The van der Waals surface area contributed by atoms with E-state index in [2.05, 4.69) is 40.7 Å². The van der Waals surface area contributed by atoms with Crippen LogP contribution in [0.1, 0.15) is 105 Å². The maximum atomic E-state index is 9.14. The van der Waals surface area contributed by atoms with Gasteiger partial charge in [0.2, 0.25) is 0 Å². The van der Waals surface area contributed by atoms with Gasteiger partial charge in [-0.2, -0.15) is 0 Å². The first-order valence-electron chi connectivity index (χ1n) is 13.7. The average Bonchev–Trinajstić information content (AvgIpc) is 3.09. The van der Waals surface area contributed by atoms with Gasteiger partial charge < -0.3 is 9.84 Å². The Bertz CT molecular complexity index is 639. The first-order valence-corrected chi connectivity index (χ1v) is 13.7. The molecule has 4 rings (SSSR count). The van der Waals surface area contributed by atoms with Gasteiger partial charge in [-0.05, 0) is 97.7 Å². The van der Waals surface area contributed by atoms with Crippen molar-refractivity contribution in [2.75, 3.05) is 13.2 Å². The van der Waals surface area contributed by atoms with Gasteiger partial charge in [0.1, 0.15) is 0 Å². The zero-order chi connectivity index (χ0) is 22.2. The van der Waals surface area contributed by atoms with Crippen molar-refractivity contribution in [2.24, 2.45) is 46.3 Å². The summed E-state index contributed by atoms with van der Waals surface area (Å²) in [7, 11) is 0. The Morgan fingerprint density at radius 1 is 1.03 bits per heavy atom. The Labute approximate surface area is 192 Å². The lowest BCUT2D eigenvalue weighted by molar-refractivity contribution is -0.0658. The van der Waals surface area contributed by atoms with Crippen LogP contribution in [-0.2, 0) is 4.74 Å². The van der Waals surface area contributed by atoms with Crippen molar-refractivity contribution < 1.29 is 9.84 Å². The van der Waals surface area contributed by atoms with E-state index in [9.17, 15) is 0 Å². The Morgan fingerprint density at radius 3 is 2.58 bits per heavy atom. The molecule has 31 heavy (non-hydrogen) atoms. The predicted octanol–water partition coefficient (Wildman–Crippen LogP) is 7.41. The van der Waals surface area contributed by atoms with E-state index < -0.39 is 0 Å². The number of rotatable bonds is 8. The van der Waals surface area contributed by atoms with E-state index in [1.165, 1.54) is 64.2 Å². The van der Waals surface area contributed by atoms with Gasteiger partial charge in [-0.15, -0.1) is 0 Å². The van der Waals surface area contributed by atoms with Gasteiger partial charge in [0.05, 0.1) is 19.3 Å². The zero-order valence-corrected chi connectivity index (χ0v) is 21.2. The molecule has 1 N–H and O–H groups in total. The molecule has 0 saturated heterocycles. The number of ether oxygens (including phenoxy) is 1. The highest BCUT2D eigenvalue weighted by atomic mass is 16.5. The van der Waals surface area contributed by atoms with Crippen LogP contribution in [-0.4, -0.2) is 24.4 Å². The SMILES string of the molecule is CC(C)CCC[C@H](C)[C@H]1CCC2C3CC=C4CC(OCCO)CC[C@]4(C)C3CC[C@@]21C. The second kappa shape index (κ2) is 9.49. The van der Waals surface area contributed by atoms with Crippen LogP contribution in [0.3, 0.4) is 0 Å². The largest absolute Gasteiger partial charge is 0.394 e. The Hall–Kier alpha value is -0.340. The molecule has 0 heterocycles. The second-order valence-electron chi connectivity index (χ2n) is 12.7. The van der Waals surface area contributed by atoms with Crippen molar-refractivity contribution >= 4 is 0 Å². The molecule has 4 unspecified atom stereocenters. The summed E-state index contributed by atoms with van der Waals surface area (Å²) in [5, 5.41) is 9.14. The first kappa shape index (κ1) is 23.8. The molecule has 3 saturated carbocycles. The number of aliphatic hydroxyl groups excluding tert-OH is 1. The molecule has 0 spiro atoms. The molecule has 0 aromatic heterocycles. The van der Waals surface area contributed by atoms with E-state index in [-0.39, 0.29) is 6.61 Å². The van der Waals surface area contributed by atoms with Gasteiger partial charge in [-0.3, -0.25) is 0 Å². The monoisotopic (exact) mass is 430 g/mol. The van der Waals surface area contributed by atoms with Crippen molar-refractivity contribution in [1.82, 2.24) is 0 Å². The third-order valence-corrected chi connectivity index (χ3v) is 10.7. The molecule has 0 amide bonds. The van der Waals surface area contributed by atoms with E-state index in [1.54, 1.807) is 5.57 Å². The fraction of sp³-hybridized carbons (Fsp3) is 0.931. The minimum Gasteiger partial charge on any atom is -0.394 e. The Balaban J connectivity index is 1.45. The summed E-state index contributed by atoms with van der Waals surface area (Å²) >= 11 is 0. The molecule has 0 radical (unpaired) electrons. The quantitative estimate of drug-likeness (QED) is 0.406. The summed E-state index contributed by atoms with van der Waals surface area (Å²) in [5.74, 6) is 5.44. The molecular weight excluding hydrogens is 380 g/mol. The molecule has 0 aliphatic heterocycles. The number of allylic oxidation sites excluding steroid dienone is 1. The molecular formula is C29H50O2. The molecule has 4 aliphatic rings. The third-order valence-electron chi connectivity index (χ3n) is 10.7. The van der Waals surface area contributed by atoms with Gasteiger partial charge in [0.15, 0.2) is 0 Å². The van der Waals surface area contributed by atoms with Crippen molar-refractivity contribution in [3.8, 4) is 0 Å². The van der Waals surface area contributed by atoms with Crippen molar-refractivity contribution in [2.45, 2.75) is 111 Å².